The molecule has 0 aliphatic rings. The Hall–Kier alpha value is -1.49. The lowest BCUT2D eigenvalue weighted by molar-refractivity contribution is -0.114. The van der Waals surface area contributed by atoms with Gasteiger partial charge in [-0.05, 0) is 31.0 Å². The highest BCUT2D eigenvalue weighted by Gasteiger charge is 2.30. The monoisotopic (exact) mass is 242 g/mol. The summed E-state index contributed by atoms with van der Waals surface area (Å²) in [5.74, 6) is -0.172. The van der Waals surface area contributed by atoms with Crippen molar-refractivity contribution < 1.29 is 13.6 Å². The number of rotatable bonds is 4. The highest BCUT2D eigenvalue weighted by Crippen LogP contribution is 2.19. The van der Waals surface area contributed by atoms with Gasteiger partial charge in [0.05, 0.1) is 5.54 Å². The van der Waals surface area contributed by atoms with Crippen LogP contribution in [0.2, 0.25) is 0 Å². The van der Waals surface area contributed by atoms with Crippen LogP contribution in [0.15, 0.2) is 24.3 Å². The molecule has 0 fully saturated rings. The first-order valence-electron chi connectivity index (χ1n) is 5.25. The number of amides is 1. The van der Waals surface area contributed by atoms with Gasteiger partial charge >= 0.3 is 0 Å². The van der Waals surface area contributed by atoms with E-state index in [1.54, 1.807) is 24.3 Å². The molecule has 1 unspecified atom stereocenters. The van der Waals surface area contributed by atoms with Crippen LogP contribution in [0.25, 0.3) is 0 Å². The maximum Gasteiger partial charge on any atom is 0.256 e. The SMILES string of the molecule is CC(=O)Nc1ccc(CC(C)(N)C(F)F)cc1. The van der Waals surface area contributed by atoms with E-state index in [1.165, 1.54) is 13.8 Å². The van der Waals surface area contributed by atoms with Crippen molar-refractivity contribution in [2.45, 2.75) is 32.2 Å². The van der Waals surface area contributed by atoms with E-state index < -0.39 is 12.0 Å². The zero-order chi connectivity index (χ0) is 13.1. The standard InChI is InChI=1S/C12H16F2N2O/c1-8(17)16-10-5-3-9(4-6-10)7-12(2,15)11(13)14/h3-6,11H,7,15H2,1-2H3,(H,16,17). The largest absolute Gasteiger partial charge is 0.326 e. The molecule has 0 aromatic heterocycles. The number of alkyl halides is 2. The fraction of sp³-hybridized carbons (Fsp3) is 0.417. The van der Waals surface area contributed by atoms with Crippen LogP contribution in [0.1, 0.15) is 19.4 Å². The zero-order valence-electron chi connectivity index (χ0n) is 9.84. The third-order valence-corrected chi connectivity index (χ3v) is 2.36. The molecule has 3 nitrogen and oxygen atoms in total. The maximum atomic E-state index is 12.6. The highest BCUT2D eigenvalue weighted by atomic mass is 19.3. The van der Waals surface area contributed by atoms with E-state index in [4.69, 9.17) is 5.73 Å². The Morgan fingerprint density at radius 2 is 1.94 bits per heavy atom. The molecule has 0 spiro atoms. The van der Waals surface area contributed by atoms with Crippen molar-refractivity contribution in [3.8, 4) is 0 Å². The molecule has 0 aliphatic heterocycles. The normalized spacial score (nSPS) is 14.5. The summed E-state index contributed by atoms with van der Waals surface area (Å²) in [7, 11) is 0. The van der Waals surface area contributed by atoms with Crippen molar-refractivity contribution in [3.05, 3.63) is 29.8 Å². The molecule has 3 N–H and O–H groups in total. The predicted octanol–water partition coefficient (Wildman–Crippen LogP) is 2.17. The lowest BCUT2D eigenvalue weighted by Gasteiger charge is -2.23. The van der Waals surface area contributed by atoms with Crippen LogP contribution in [-0.2, 0) is 11.2 Å². The van der Waals surface area contributed by atoms with Crippen molar-refractivity contribution in [3.63, 3.8) is 0 Å². The van der Waals surface area contributed by atoms with Gasteiger partial charge < -0.3 is 11.1 Å². The Morgan fingerprint density at radius 1 is 1.41 bits per heavy atom. The topological polar surface area (TPSA) is 55.1 Å². The molecule has 94 valence electrons. The van der Waals surface area contributed by atoms with Gasteiger partial charge in [0, 0.05) is 12.6 Å². The summed E-state index contributed by atoms with van der Waals surface area (Å²) in [6.07, 6.45) is -2.48. The molecular weight excluding hydrogens is 226 g/mol. The lowest BCUT2D eigenvalue weighted by atomic mass is 9.94. The molecule has 0 aliphatic carbocycles. The fourth-order valence-electron chi connectivity index (χ4n) is 1.43. The summed E-state index contributed by atoms with van der Waals surface area (Å²) >= 11 is 0. The number of nitrogens with one attached hydrogen (secondary N) is 1. The van der Waals surface area contributed by atoms with E-state index in [0.717, 1.165) is 0 Å². The van der Waals surface area contributed by atoms with Gasteiger partial charge in [0.1, 0.15) is 0 Å². The number of carbonyl (C=O) groups excluding carboxylic acids is 1. The molecular formula is C12H16F2N2O. The minimum Gasteiger partial charge on any atom is -0.326 e. The van der Waals surface area contributed by atoms with Crippen molar-refractivity contribution in [2.75, 3.05) is 5.32 Å². The van der Waals surface area contributed by atoms with Crippen molar-refractivity contribution in [1.29, 1.82) is 0 Å². The molecule has 1 rings (SSSR count). The van der Waals surface area contributed by atoms with Crippen molar-refractivity contribution in [1.82, 2.24) is 0 Å². The summed E-state index contributed by atoms with van der Waals surface area (Å²) in [5.41, 5.74) is 5.31. The Bertz CT molecular complexity index is 388. The van der Waals surface area contributed by atoms with Crippen molar-refractivity contribution >= 4 is 11.6 Å². The van der Waals surface area contributed by atoms with Crippen molar-refractivity contribution in [2.24, 2.45) is 5.73 Å². The quantitative estimate of drug-likeness (QED) is 0.850. The summed E-state index contributed by atoms with van der Waals surface area (Å²) in [6, 6.07) is 6.69. The average Bonchev–Trinajstić information content (AvgIpc) is 2.19. The molecule has 17 heavy (non-hydrogen) atoms. The minimum atomic E-state index is -2.57. The number of benzene rings is 1. The average molecular weight is 242 g/mol. The van der Waals surface area contributed by atoms with E-state index in [1.807, 2.05) is 0 Å². The third-order valence-electron chi connectivity index (χ3n) is 2.36. The number of hydrogen-bond donors (Lipinski definition) is 2. The summed E-state index contributed by atoms with van der Waals surface area (Å²) < 4.78 is 25.1. The van der Waals surface area contributed by atoms with Gasteiger partial charge in [0.15, 0.2) is 0 Å². The van der Waals surface area contributed by atoms with Crippen LogP contribution < -0.4 is 11.1 Å². The maximum absolute atomic E-state index is 12.6. The van der Waals surface area contributed by atoms with E-state index >= 15 is 0 Å². The number of halogens is 2. The van der Waals surface area contributed by atoms with Crippen LogP contribution in [0, 0.1) is 0 Å². The molecule has 5 heteroatoms. The number of nitrogens with two attached hydrogens (primary N) is 1. The molecule has 0 bridgehead atoms. The number of hydrogen-bond acceptors (Lipinski definition) is 2. The smallest absolute Gasteiger partial charge is 0.256 e. The van der Waals surface area contributed by atoms with Crippen LogP contribution in [-0.4, -0.2) is 17.9 Å². The second-order valence-electron chi connectivity index (χ2n) is 4.36. The Labute approximate surface area is 99.0 Å². The number of carbonyl (C=O) groups is 1. The molecule has 0 radical (unpaired) electrons. The summed E-state index contributed by atoms with van der Waals surface area (Å²) in [5, 5.41) is 2.60. The Morgan fingerprint density at radius 3 is 2.35 bits per heavy atom. The molecule has 0 heterocycles. The second kappa shape index (κ2) is 5.23. The summed E-state index contributed by atoms with van der Waals surface area (Å²) in [6.45, 7) is 2.72. The zero-order valence-corrected chi connectivity index (χ0v) is 9.84. The first-order chi connectivity index (χ1) is 7.81. The molecule has 1 atom stereocenters. The predicted molar refractivity (Wildman–Crippen MR) is 63.0 cm³/mol. The van der Waals surface area contributed by atoms with Gasteiger partial charge in [-0.15, -0.1) is 0 Å². The Balaban J connectivity index is 2.72. The van der Waals surface area contributed by atoms with Gasteiger partial charge in [-0.3, -0.25) is 4.79 Å². The first-order valence-corrected chi connectivity index (χ1v) is 5.25. The fourth-order valence-corrected chi connectivity index (χ4v) is 1.43. The van der Waals surface area contributed by atoms with E-state index in [9.17, 15) is 13.6 Å². The molecule has 1 aromatic carbocycles. The number of anilines is 1. The van der Waals surface area contributed by atoms with Gasteiger partial charge in [0.2, 0.25) is 5.91 Å². The Kier molecular flexibility index (Phi) is 4.17. The molecule has 0 saturated carbocycles. The van der Waals surface area contributed by atoms with Crippen LogP contribution >= 0.6 is 0 Å². The highest BCUT2D eigenvalue weighted by molar-refractivity contribution is 5.88. The van der Waals surface area contributed by atoms with Crippen LogP contribution in [0.3, 0.4) is 0 Å². The van der Waals surface area contributed by atoms with E-state index in [2.05, 4.69) is 5.32 Å². The second-order valence-corrected chi connectivity index (χ2v) is 4.36. The van der Waals surface area contributed by atoms with Gasteiger partial charge in [-0.1, -0.05) is 12.1 Å². The van der Waals surface area contributed by atoms with Gasteiger partial charge in [0.25, 0.3) is 6.43 Å². The van der Waals surface area contributed by atoms with E-state index in [0.29, 0.717) is 11.3 Å². The van der Waals surface area contributed by atoms with Crippen LogP contribution in [0.4, 0.5) is 14.5 Å². The van der Waals surface area contributed by atoms with E-state index in [-0.39, 0.29) is 12.3 Å². The van der Waals surface area contributed by atoms with Gasteiger partial charge in [-0.25, -0.2) is 8.78 Å². The summed E-state index contributed by atoms with van der Waals surface area (Å²) in [4.78, 5) is 10.8. The minimum absolute atomic E-state index is 0.0883. The lowest BCUT2D eigenvalue weighted by Crippen LogP contribution is -2.45. The van der Waals surface area contributed by atoms with Crippen LogP contribution in [0.5, 0.6) is 0 Å². The third kappa shape index (κ3) is 4.11. The molecule has 0 saturated heterocycles. The first kappa shape index (κ1) is 13.6. The van der Waals surface area contributed by atoms with Gasteiger partial charge in [-0.2, -0.15) is 0 Å². The molecule has 1 amide bonds. The molecule has 1 aromatic rings.